The van der Waals surface area contributed by atoms with E-state index in [1.165, 1.54) is 11.1 Å². The monoisotopic (exact) mass is 405 g/mol. The van der Waals surface area contributed by atoms with Crippen LogP contribution < -0.4 is 11.1 Å². The van der Waals surface area contributed by atoms with E-state index in [0.29, 0.717) is 25.1 Å². The number of likely N-dealkylation sites (tertiary alicyclic amines) is 1. The van der Waals surface area contributed by atoms with Gasteiger partial charge in [-0.1, -0.05) is 11.2 Å². The molecular formula is C19H27N5O5. The molecule has 3 N–H and O–H groups in total. The number of primary amides is 1. The second-order valence-electron chi connectivity index (χ2n) is 7.58. The molecule has 0 saturated carbocycles. The Kier molecular flexibility index (Phi) is 7.52. The topological polar surface area (TPSA) is 136 Å². The Morgan fingerprint density at radius 2 is 2.17 bits per heavy atom. The number of amides is 3. The number of alkyl carbamates (subject to hydrolysis) is 1. The highest BCUT2D eigenvalue weighted by molar-refractivity contribution is 5.91. The minimum atomic E-state index is -1.09. The van der Waals surface area contributed by atoms with Crippen molar-refractivity contribution in [3.05, 3.63) is 30.1 Å². The maximum absolute atomic E-state index is 12.9. The van der Waals surface area contributed by atoms with Crippen LogP contribution in [-0.4, -0.2) is 64.8 Å². The fourth-order valence-electron chi connectivity index (χ4n) is 2.81. The van der Waals surface area contributed by atoms with Crippen LogP contribution in [0.1, 0.15) is 39.3 Å². The van der Waals surface area contributed by atoms with Crippen LogP contribution in [0.25, 0.3) is 0 Å². The van der Waals surface area contributed by atoms with Crippen molar-refractivity contribution in [1.29, 1.82) is 0 Å². The molecule has 29 heavy (non-hydrogen) atoms. The molecule has 1 aromatic rings. The molecule has 3 amide bonds. The van der Waals surface area contributed by atoms with Crippen LogP contribution in [0.5, 0.6) is 0 Å². The number of carbonyl (C=O) groups is 3. The summed E-state index contributed by atoms with van der Waals surface area (Å²) >= 11 is 0. The molecule has 0 bridgehead atoms. The van der Waals surface area contributed by atoms with Crippen molar-refractivity contribution in [2.75, 3.05) is 13.2 Å². The third kappa shape index (κ3) is 7.05. The highest BCUT2D eigenvalue weighted by Crippen LogP contribution is 2.18. The summed E-state index contributed by atoms with van der Waals surface area (Å²) in [6.45, 7) is 5.25. The van der Waals surface area contributed by atoms with Crippen molar-refractivity contribution in [2.24, 2.45) is 10.9 Å². The first kappa shape index (κ1) is 22.1. The molecule has 0 radical (unpaired) electrons. The SMILES string of the molecule is CC(C)(C)OC(=O)N[C@@H](CON=Cc1ccccn1)C(=O)N1CCC[C@H]1C(N)=O. The Morgan fingerprint density at radius 1 is 1.41 bits per heavy atom. The van der Waals surface area contributed by atoms with Gasteiger partial charge in [0.1, 0.15) is 24.3 Å². The van der Waals surface area contributed by atoms with E-state index in [4.69, 9.17) is 15.3 Å². The molecule has 2 heterocycles. The average molecular weight is 405 g/mol. The summed E-state index contributed by atoms with van der Waals surface area (Å²) in [4.78, 5) is 47.3. The fourth-order valence-corrected chi connectivity index (χ4v) is 2.81. The predicted octanol–water partition coefficient (Wildman–Crippen LogP) is 0.802. The smallest absolute Gasteiger partial charge is 0.408 e. The first-order valence-electron chi connectivity index (χ1n) is 9.33. The lowest BCUT2D eigenvalue weighted by Gasteiger charge is -2.28. The quantitative estimate of drug-likeness (QED) is 0.509. The number of nitrogens with one attached hydrogen (secondary N) is 1. The summed E-state index contributed by atoms with van der Waals surface area (Å²) in [5.41, 5.74) is 5.23. The van der Waals surface area contributed by atoms with Crippen LogP contribution in [0.2, 0.25) is 0 Å². The molecule has 1 aliphatic heterocycles. The zero-order valence-corrected chi connectivity index (χ0v) is 16.8. The normalized spacial score (nSPS) is 17.8. The molecule has 2 atom stereocenters. The van der Waals surface area contributed by atoms with Crippen LogP contribution in [0.4, 0.5) is 4.79 Å². The molecule has 1 aromatic heterocycles. The second kappa shape index (κ2) is 9.85. The number of oxime groups is 1. The summed E-state index contributed by atoms with van der Waals surface area (Å²) in [6.07, 6.45) is 3.35. The number of hydrogen-bond acceptors (Lipinski definition) is 7. The summed E-state index contributed by atoms with van der Waals surface area (Å²) in [7, 11) is 0. The fraction of sp³-hybridized carbons (Fsp3) is 0.526. The molecule has 10 nitrogen and oxygen atoms in total. The number of rotatable bonds is 7. The van der Waals surface area contributed by atoms with Crippen LogP contribution in [0, 0.1) is 0 Å². The highest BCUT2D eigenvalue weighted by Gasteiger charge is 2.37. The van der Waals surface area contributed by atoms with Crippen molar-refractivity contribution < 1.29 is 24.0 Å². The van der Waals surface area contributed by atoms with Gasteiger partial charge in [-0.2, -0.15) is 0 Å². The second-order valence-corrected chi connectivity index (χ2v) is 7.58. The molecule has 1 fully saturated rings. The minimum Gasteiger partial charge on any atom is -0.444 e. The molecule has 0 aliphatic carbocycles. The van der Waals surface area contributed by atoms with Crippen molar-refractivity contribution in [3.63, 3.8) is 0 Å². The van der Waals surface area contributed by atoms with Crippen molar-refractivity contribution >= 4 is 24.1 Å². The molecule has 158 valence electrons. The van der Waals surface area contributed by atoms with Crippen LogP contribution in [0.15, 0.2) is 29.6 Å². The van der Waals surface area contributed by atoms with Gasteiger partial charge in [0, 0.05) is 12.7 Å². The zero-order chi connectivity index (χ0) is 21.4. The lowest BCUT2D eigenvalue weighted by Crippen LogP contribution is -2.54. The highest BCUT2D eigenvalue weighted by atomic mass is 16.6. The summed E-state index contributed by atoms with van der Waals surface area (Å²) in [5.74, 6) is -1.06. The third-order valence-corrected chi connectivity index (χ3v) is 4.04. The van der Waals surface area contributed by atoms with E-state index in [1.807, 2.05) is 0 Å². The molecule has 10 heteroatoms. The Balaban J connectivity index is 2.05. The third-order valence-electron chi connectivity index (χ3n) is 4.04. The molecule has 0 spiro atoms. The van der Waals surface area contributed by atoms with E-state index in [9.17, 15) is 14.4 Å². The Morgan fingerprint density at radius 3 is 2.79 bits per heavy atom. The summed E-state index contributed by atoms with van der Waals surface area (Å²) in [5, 5.41) is 6.27. The Bertz CT molecular complexity index is 747. The van der Waals surface area contributed by atoms with Crippen LogP contribution >= 0.6 is 0 Å². The number of aromatic nitrogens is 1. The van der Waals surface area contributed by atoms with Gasteiger partial charge in [0.2, 0.25) is 11.8 Å². The zero-order valence-electron chi connectivity index (χ0n) is 16.8. The van der Waals surface area contributed by atoms with Gasteiger partial charge in [-0.25, -0.2) is 4.79 Å². The van der Waals surface area contributed by atoms with Crippen LogP contribution in [-0.2, 0) is 19.2 Å². The van der Waals surface area contributed by atoms with E-state index in [0.717, 1.165) is 0 Å². The number of pyridine rings is 1. The Labute approximate surface area is 169 Å². The number of nitrogens with zero attached hydrogens (tertiary/aromatic N) is 3. The molecular weight excluding hydrogens is 378 g/mol. The van der Waals surface area contributed by atoms with Gasteiger partial charge < -0.3 is 25.5 Å². The van der Waals surface area contributed by atoms with E-state index in [2.05, 4.69) is 15.5 Å². The van der Waals surface area contributed by atoms with Crippen LogP contribution in [0.3, 0.4) is 0 Å². The number of ether oxygens (including phenoxy) is 1. The number of nitrogens with two attached hydrogens (primary N) is 1. The molecule has 1 saturated heterocycles. The van der Waals surface area contributed by atoms with Crippen molar-refractivity contribution in [2.45, 2.75) is 51.3 Å². The largest absolute Gasteiger partial charge is 0.444 e. The molecule has 0 unspecified atom stereocenters. The van der Waals surface area contributed by atoms with E-state index in [-0.39, 0.29) is 6.61 Å². The standard InChI is InChI=1S/C19H27N5O5/c1-19(2,3)29-18(27)23-14(12-28-22-11-13-7-4-5-9-21-13)17(26)24-10-6-8-15(24)16(20)25/h4-5,7,9,11,14-15H,6,8,10,12H2,1-3H3,(H2,20,25)(H,23,27)/t14-,15-/m0/s1. The number of carbonyl (C=O) groups excluding carboxylic acids is 3. The summed E-state index contributed by atoms with van der Waals surface area (Å²) in [6, 6.07) is 3.49. The van der Waals surface area contributed by atoms with Gasteiger partial charge in [0.25, 0.3) is 0 Å². The summed E-state index contributed by atoms with van der Waals surface area (Å²) < 4.78 is 5.21. The molecule has 2 rings (SSSR count). The number of hydrogen-bond donors (Lipinski definition) is 2. The molecule has 0 aromatic carbocycles. The first-order chi connectivity index (χ1) is 13.7. The van der Waals surface area contributed by atoms with Gasteiger partial charge in [-0.3, -0.25) is 14.6 Å². The Hall–Kier alpha value is -3.17. The first-order valence-corrected chi connectivity index (χ1v) is 9.33. The van der Waals surface area contributed by atoms with E-state index in [1.54, 1.807) is 45.2 Å². The average Bonchev–Trinajstić information content (AvgIpc) is 3.13. The lowest BCUT2D eigenvalue weighted by atomic mass is 10.2. The molecule has 1 aliphatic rings. The van der Waals surface area contributed by atoms with Gasteiger partial charge >= 0.3 is 6.09 Å². The van der Waals surface area contributed by atoms with Gasteiger partial charge in [-0.05, 0) is 45.7 Å². The van der Waals surface area contributed by atoms with E-state index >= 15 is 0 Å². The van der Waals surface area contributed by atoms with E-state index < -0.39 is 35.6 Å². The minimum absolute atomic E-state index is 0.247. The maximum atomic E-state index is 12.9. The van der Waals surface area contributed by atoms with Crippen molar-refractivity contribution in [3.8, 4) is 0 Å². The van der Waals surface area contributed by atoms with Crippen molar-refractivity contribution in [1.82, 2.24) is 15.2 Å². The van der Waals surface area contributed by atoms with Gasteiger partial charge in [0.15, 0.2) is 0 Å². The van der Waals surface area contributed by atoms with Gasteiger partial charge in [-0.15, -0.1) is 0 Å². The lowest BCUT2D eigenvalue weighted by molar-refractivity contribution is -0.140. The van der Waals surface area contributed by atoms with Gasteiger partial charge in [0.05, 0.1) is 11.9 Å². The maximum Gasteiger partial charge on any atom is 0.408 e. The predicted molar refractivity (Wildman–Crippen MR) is 105 cm³/mol.